The molecule has 0 radical (unpaired) electrons. The molecule has 1 heterocycles. The SMILES string of the molecule is OCCCNc1nncc(Cl)c1Cl. The van der Waals surface area contributed by atoms with Gasteiger partial charge in [0.1, 0.15) is 5.02 Å². The Balaban J connectivity index is 2.61. The zero-order valence-corrected chi connectivity index (χ0v) is 8.31. The van der Waals surface area contributed by atoms with Gasteiger partial charge in [0, 0.05) is 13.2 Å². The molecule has 0 fully saturated rings. The van der Waals surface area contributed by atoms with Crippen LogP contribution in [0.5, 0.6) is 0 Å². The molecule has 2 N–H and O–H groups in total. The molecule has 13 heavy (non-hydrogen) atoms. The Kier molecular flexibility index (Phi) is 4.21. The number of hydrogen-bond donors (Lipinski definition) is 2. The monoisotopic (exact) mass is 221 g/mol. The number of rotatable bonds is 4. The first kappa shape index (κ1) is 10.5. The maximum absolute atomic E-state index is 8.53. The normalized spacial score (nSPS) is 10.1. The van der Waals surface area contributed by atoms with Crippen molar-refractivity contribution in [1.82, 2.24) is 10.2 Å². The third-order valence-electron chi connectivity index (χ3n) is 1.37. The average molecular weight is 222 g/mol. The predicted molar refractivity (Wildman–Crippen MR) is 52.2 cm³/mol. The van der Waals surface area contributed by atoms with Gasteiger partial charge in [-0.15, -0.1) is 5.10 Å². The summed E-state index contributed by atoms with van der Waals surface area (Å²) < 4.78 is 0. The fourth-order valence-electron chi connectivity index (χ4n) is 0.750. The van der Waals surface area contributed by atoms with Gasteiger partial charge >= 0.3 is 0 Å². The van der Waals surface area contributed by atoms with Crippen LogP contribution in [0.15, 0.2) is 6.20 Å². The molecule has 0 atom stereocenters. The molecule has 0 unspecified atom stereocenters. The van der Waals surface area contributed by atoms with Gasteiger partial charge in [0.2, 0.25) is 0 Å². The molecule has 1 aromatic heterocycles. The van der Waals surface area contributed by atoms with Gasteiger partial charge in [-0.25, -0.2) is 0 Å². The highest BCUT2D eigenvalue weighted by molar-refractivity contribution is 6.43. The number of hydrogen-bond acceptors (Lipinski definition) is 4. The topological polar surface area (TPSA) is 58.0 Å². The Hall–Kier alpha value is -0.580. The zero-order chi connectivity index (χ0) is 9.68. The number of aliphatic hydroxyl groups is 1. The van der Waals surface area contributed by atoms with Gasteiger partial charge in [0.05, 0.1) is 11.2 Å². The Bertz CT molecular complexity index is 282. The maximum Gasteiger partial charge on any atom is 0.169 e. The van der Waals surface area contributed by atoms with Crippen LogP contribution in [0.4, 0.5) is 5.82 Å². The zero-order valence-electron chi connectivity index (χ0n) is 6.80. The predicted octanol–water partition coefficient (Wildman–Crippen LogP) is 1.58. The lowest BCUT2D eigenvalue weighted by atomic mass is 10.4. The largest absolute Gasteiger partial charge is 0.396 e. The molecule has 1 aromatic rings. The van der Waals surface area contributed by atoms with E-state index in [0.29, 0.717) is 28.8 Å². The molecule has 4 nitrogen and oxygen atoms in total. The van der Waals surface area contributed by atoms with Crippen LogP contribution in [0.2, 0.25) is 10.0 Å². The van der Waals surface area contributed by atoms with Gasteiger partial charge in [-0.2, -0.15) is 5.10 Å². The van der Waals surface area contributed by atoms with E-state index in [1.54, 1.807) is 0 Å². The molecule has 6 heteroatoms. The molecule has 1 rings (SSSR count). The highest BCUT2D eigenvalue weighted by Crippen LogP contribution is 2.26. The van der Waals surface area contributed by atoms with Crippen molar-refractivity contribution >= 4 is 29.0 Å². The lowest BCUT2D eigenvalue weighted by Gasteiger charge is -2.05. The van der Waals surface area contributed by atoms with Crippen molar-refractivity contribution in [2.75, 3.05) is 18.5 Å². The van der Waals surface area contributed by atoms with Crippen LogP contribution < -0.4 is 5.32 Å². The van der Waals surface area contributed by atoms with Crippen molar-refractivity contribution in [2.45, 2.75) is 6.42 Å². The molecule has 0 saturated carbocycles. The second-order valence-corrected chi connectivity index (χ2v) is 3.14. The number of halogens is 2. The lowest BCUT2D eigenvalue weighted by Crippen LogP contribution is -2.06. The van der Waals surface area contributed by atoms with E-state index < -0.39 is 0 Å². The van der Waals surface area contributed by atoms with Crippen LogP contribution in [0.3, 0.4) is 0 Å². The molecule has 0 aliphatic heterocycles. The summed E-state index contributed by atoms with van der Waals surface area (Å²) in [4.78, 5) is 0. The molecule has 0 spiro atoms. The third kappa shape index (κ3) is 2.99. The molecular formula is C7H9Cl2N3O. The number of nitrogens with one attached hydrogen (secondary N) is 1. The van der Waals surface area contributed by atoms with Crippen molar-refractivity contribution in [2.24, 2.45) is 0 Å². The van der Waals surface area contributed by atoms with E-state index in [9.17, 15) is 0 Å². The molecule has 0 aliphatic carbocycles. The second-order valence-electron chi connectivity index (χ2n) is 2.36. The smallest absolute Gasteiger partial charge is 0.169 e. The maximum atomic E-state index is 8.53. The summed E-state index contributed by atoms with van der Waals surface area (Å²) in [6.45, 7) is 0.712. The number of aromatic nitrogens is 2. The molecule has 72 valence electrons. The number of nitrogens with zero attached hydrogens (tertiary/aromatic N) is 2. The van der Waals surface area contributed by atoms with Gasteiger partial charge in [0.15, 0.2) is 5.82 Å². The van der Waals surface area contributed by atoms with E-state index in [1.807, 2.05) is 0 Å². The number of aliphatic hydroxyl groups excluding tert-OH is 1. The summed E-state index contributed by atoms with van der Waals surface area (Å²) in [7, 11) is 0. The van der Waals surface area contributed by atoms with Gasteiger partial charge in [-0.3, -0.25) is 0 Å². The van der Waals surface area contributed by atoms with Crippen LogP contribution in [-0.2, 0) is 0 Å². The van der Waals surface area contributed by atoms with E-state index >= 15 is 0 Å². The van der Waals surface area contributed by atoms with Crippen LogP contribution in [0.25, 0.3) is 0 Å². The van der Waals surface area contributed by atoms with Crippen molar-refractivity contribution in [1.29, 1.82) is 0 Å². The first-order chi connectivity index (χ1) is 6.25. The van der Waals surface area contributed by atoms with Gasteiger partial charge < -0.3 is 10.4 Å². The van der Waals surface area contributed by atoms with Gasteiger partial charge in [-0.05, 0) is 6.42 Å². The molecule has 0 saturated heterocycles. The van der Waals surface area contributed by atoms with Crippen molar-refractivity contribution < 1.29 is 5.11 Å². The second kappa shape index (κ2) is 5.21. The molecule has 0 aromatic carbocycles. The fraction of sp³-hybridized carbons (Fsp3) is 0.429. The van der Waals surface area contributed by atoms with Crippen LogP contribution >= 0.6 is 23.2 Å². The summed E-state index contributed by atoms with van der Waals surface area (Å²) in [5.41, 5.74) is 0. The van der Waals surface area contributed by atoms with Crippen LogP contribution in [-0.4, -0.2) is 28.5 Å². The highest BCUT2D eigenvalue weighted by atomic mass is 35.5. The van der Waals surface area contributed by atoms with E-state index in [0.717, 1.165) is 0 Å². The summed E-state index contributed by atoms with van der Waals surface area (Å²) in [5.74, 6) is 0.447. The highest BCUT2D eigenvalue weighted by Gasteiger charge is 2.05. The third-order valence-corrected chi connectivity index (χ3v) is 2.14. The first-order valence-electron chi connectivity index (χ1n) is 3.77. The van der Waals surface area contributed by atoms with Gasteiger partial charge in [0.25, 0.3) is 0 Å². The van der Waals surface area contributed by atoms with Crippen molar-refractivity contribution in [3.05, 3.63) is 16.2 Å². The van der Waals surface area contributed by atoms with Gasteiger partial charge in [-0.1, -0.05) is 23.2 Å². The Labute approximate surface area is 85.9 Å². The summed E-state index contributed by atoms with van der Waals surface area (Å²) in [5, 5.41) is 19.5. The Morgan fingerprint density at radius 2 is 2.23 bits per heavy atom. The minimum atomic E-state index is 0.124. The number of anilines is 1. The molecule has 0 aliphatic rings. The van der Waals surface area contributed by atoms with E-state index in [-0.39, 0.29) is 6.61 Å². The average Bonchev–Trinajstić information content (AvgIpc) is 2.13. The molecule has 0 bridgehead atoms. The Morgan fingerprint density at radius 3 is 2.92 bits per heavy atom. The standard InChI is InChI=1S/C7H9Cl2N3O/c8-5-4-11-12-7(6(5)9)10-2-1-3-13/h4,13H,1-3H2,(H,10,12). The Morgan fingerprint density at radius 1 is 1.46 bits per heavy atom. The fourth-order valence-corrected chi connectivity index (χ4v) is 1.04. The molecular weight excluding hydrogens is 213 g/mol. The van der Waals surface area contributed by atoms with Crippen LogP contribution in [0.1, 0.15) is 6.42 Å². The summed E-state index contributed by atoms with van der Waals surface area (Å²) in [6.07, 6.45) is 2.01. The van der Waals surface area contributed by atoms with E-state index in [2.05, 4.69) is 15.5 Å². The minimum Gasteiger partial charge on any atom is -0.396 e. The summed E-state index contributed by atoms with van der Waals surface area (Å²) >= 11 is 11.5. The summed E-state index contributed by atoms with van der Waals surface area (Å²) in [6, 6.07) is 0. The van der Waals surface area contributed by atoms with Crippen molar-refractivity contribution in [3.63, 3.8) is 0 Å². The van der Waals surface area contributed by atoms with Crippen molar-refractivity contribution in [3.8, 4) is 0 Å². The minimum absolute atomic E-state index is 0.124. The van der Waals surface area contributed by atoms with E-state index in [4.69, 9.17) is 28.3 Å². The lowest BCUT2D eigenvalue weighted by molar-refractivity contribution is 0.292. The van der Waals surface area contributed by atoms with Crippen LogP contribution in [0, 0.1) is 0 Å². The quantitative estimate of drug-likeness (QED) is 0.759. The molecule has 0 amide bonds. The first-order valence-corrected chi connectivity index (χ1v) is 4.52. The van der Waals surface area contributed by atoms with E-state index in [1.165, 1.54) is 6.20 Å².